The first-order chi connectivity index (χ1) is 14.3. The molecule has 1 aromatic carbocycles. The zero-order chi connectivity index (χ0) is 22.0. The zero-order valence-corrected chi connectivity index (χ0v) is 19.0. The molecule has 0 bridgehead atoms. The fraction of sp³-hybridized carbons (Fsp3) is 0.636. The van der Waals surface area contributed by atoms with Crippen molar-refractivity contribution in [3.05, 3.63) is 29.8 Å². The second-order valence-corrected chi connectivity index (χ2v) is 10.1. The lowest BCUT2D eigenvalue weighted by molar-refractivity contribution is -0.132. The van der Waals surface area contributed by atoms with Crippen LogP contribution in [0.25, 0.3) is 0 Å². The van der Waals surface area contributed by atoms with Crippen LogP contribution >= 0.6 is 0 Å². The molecule has 168 valence electrons. The molecule has 0 atom stereocenters. The molecule has 1 amide bonds. The summed E-state index contributed by atoms with van der Waals surface area (Å²) in [6.07, 6.45) is 4.92. The molecule has 0 unspecified atom stereocenters. The lowest BCUT2D eigenvalue weighted by Gasteiger charge is -2.34. The van der Waals surface area contributed by atoms with Crippen LogP contribution in [0, 0.1) is 0 Å². The SMILES string of the molecule is CCCCCOc1ccc(C(=O)CCC(=O)N2CCN(CCS(C)(=O)=O)CC2)cc1. The Balaban J connectivity index is 1.70. The largest absolute Gasteiger partial charge is 0.494 e. The lowest BCUT2D eigenvalue weighted by Crippen LogP contribution is -2.49. The molecule has 1 aromatic rings. The first-order valence-corrected chi connectivity index (χ1v) is 12.8. The number of sulfone groups is 1. The Morgan fingerprint density at radius 2 is 1.67 bits per heavy atom. The van der Waals surface area contributed by atoms with E-state index >= 15 is 0 Å². The van der Waals surface area contributed by atoms with Crippen molar-refractivity contribution in [3.63, 3.8) is 0 Å². The van der Waals surface area contributed by atoms with Crippen molar-refractivity contribution in [2.45, 2.75) is 39.0 Å². The summed E-state index contributed by atoms with van der Waals surface area (Å²) in [6, 6.07) is 7.11. The van der Waals surface area contributed by atoms with Gasteiger partial charge in [0.1, 0.15) is 15.6 Å². The highest BCUT2D eigenvalue weighted by Crippen LogP contribution is 2.15. The van der Waals surface area contributed by atoms with Crippen molar-refractivity contribution in [3.8, 4) is 5.75 Å². The Labute approximate surface area is 180 Å². The number of hydrogen-bond donors (Lipinski definition) is 0. The first kappa shape index (κ1) is 24.3. The number of hydrogen-bond acceptors (Lipinski definition) is 6. The van der Waals surface area contributed by atoms with E-state index in [1.165, 1.54) is 6.26 Å². The number of unbranched alkanes of at least 4 members (excludes halogenated alkanes) is 2. The summed E-state index contributed by atoms with van der Waals surface area (Å²) >= 11 is 0. The molecule has 1 saturated heterocycles. The molecule has 0 spiro atoms. The number of carbonyl (C=O) groups is 2. The summed E-state index contributed by atoms with van der Waals surface area (Å²) in [5.74, 6) is 0.819. The maximum Gasteiger partial charge on any atom is 0.223 e. The van der Waals surface area contributed by atoms with Crippen molar-refractivity contribution in [2.75, 3.05) is 51.3 Å². The highest BCUT2D eigenvalue weighted by molar-refractivity contribution is 7.90. The van der Waals surface area contributed by atoms with E-state index in [2.05, 4.69) is 11.8 Å². The molecular weight excluding hydrogens is 404 g/mol. The number of Topliss-reactive ketones (excluding diaryl/α,β-unsaturated/α-hetero) is 1. The predicted octanol–water partition coefficient (Wildman–Crippen LogP) is 2.41. The summed E-state index contributed by atoms with van der Waals surface area (Å²) in [5, 5.41) is 0. The molecule has 0 N–H and O–H groups in total. The number of amides is 1. The summed E-state index contributed by atoms with van der Waals surface area (Å²) in [4.78, 5) is 28.6. The Hall–Kier alpha value is -1.93. The van der Waals surface area contributed by atoms with Crippen molar-refractivity contribution < 1.29 is 22.7 Å². The monoisotopic (exact) mass is 438 g/mol. The minimum Gasteiger partial charge on any atom is -0.494 e. The van der Waals surface area contributed by atoms with Crippen LogP contribution in [0.15, 0.2) is 24.3 Å². The highest BCUT2D eigenvalue weighted by atomic mass is 32.2. The number of piperazine rings is 1. The third kappa shape index (κ3) is 8.83. The van der Waals surface area contributed by atoms with Crippen molar-refractivity contribution in [1.82, 2.24) is 9.80 Å². The fourth-order valence-electron chi connectivity index (χ4n) is 3.32. The van der Waals surface area contributed by atoms with E-state index in [-0.39, 0.29) is 30.3 Å². The van der Waals surface area contributed by atoms with Gasteiger partial charge >= 0.3 is 0 Å². The predicted molar refractivity (Wildman–Crippen MR) is 118 cm³/mol. The van der Waals surface area contributed by atoms with E-state index in [9.17, 15) is 18.0 Å². The standard InChI is InChI=1S/C22H34N2O5S/c1-3-4-5-17-29-20-8-6-19(7-9-20)21(25)10-11-22(26)24-14-12-23(13-15-24)16-18-30(2,27)28/h6-9H,3-5,10-18H2,1-2H3. The molecule has 1 aliphatic rings. The van der Waals surface area contributed by atoms with Gasteiger partial charge in [0.05, 0.1) is 12.4 Å². The molecule has 0 radical (unpaired) electrons. The Morgan fingerprint density at radius 1 is 1.00 bits per heavy atom. The van der Waals surface area contributed by atoms with E-state index in [1.807, 2.05) is 0 Å². The van der Waals surface area contributed by atoms with Crippen LogP contribution in [-0.2, 0) is 14.6 Å². The normalized spacial score (nSPS) is 15.2. The lowest BCUT2D eigenvalue weighted by atomic mass is 10.1. The van der Waals surface area contributed by atoms with Gasteiger partial charge in [-0.2, -0.15) is 0 Å². The molecule has 0 aromatic heterocycles. The van der Waals surface area contributed by atoms with Gasteiger partial charge in [-0.25, -0.2) is 8.42 Å². The van der Waals surface area contributed by atoms with Crippen molar-refractivity contribution >= 4 is 21.5 Å². The minimum absolute atomic E-state index is 0.0259. The summed E-state index contributed by atoms with van der Waals surface area (Å²) in [6.45, 7) is 5.79. The highest BCUT2D eigenvalue weighted by Gasteiger charge is 2.22. The molecular formula is C22H34N2O5S. The minimum atomic E-state index is -2.98. The number of benzene rings is 1. The van der Waals surface area contributed by atoms with E-state index < -0.39 is 9.84 Å². The van der Waals surface area contributed by atoms with E-state index in [4.69, 9.17) is 4.74 Å². The van der Waals surface area contributed by atoms with Crippen LogP contribution in [-0.4, -0.2) is 81.2 Å². The zero-order valence-electron chi connectivity index (χ0n) is 18.1. The molecule has 1 heterocycles. The molecule has 1 aliphatic heterocycles. The number of ether oxygens (including phenoxy) is 1. The van der Waals surface area contributed by atoms with E-state index in [0.717, 1.165) is 25.0 Å². The topological polar surface area (TPSA) is 84.0 Å². The quantitative estimate of drug-likeness (QED) is 0.368. The van der Waals surface area contributed by atoms with Crippen molar-refractivity contribution in [2.24, 2.45) is 0 Å². The maximum absolute atomic E-state index is 12.4. The van der Waals surface area contributed by atoms with Gasteiger partial charge in [0, 0.05) is 57.4 Å². The van der Waals surface area contributed by atoms with E-state index in [1.54, 1.807) is 29.2 Å². The Morgan fingerprint density at radius 3 is 2.27 bits per heavy atom. The molecule has 7 nitrogen and oxygen atoms in total. The molecule has 1 fully saturated rings. The Bertz CT molecular complexity index is 784. The van der Waals surface area contributed by atoms with Gasteiger partial charge in [0.25, 0.3) is 0 Å². The third-order valence-corrected chi connectivity index (χ3v) is 6.19. The summed E-state index contributed by atoms with van der Waals surface area (Å²) in [7, 11) is -2.98. The molecule has 2 rings (SSSR count). The molecule has 0 aliphatic carbocycles. The average Bonchev–Trinajstić information content (AvgIpc) is 2.73. The maximum atomic E-state index is 12.4. The Kier molecular flexibility index (Phi) is 9.78. The van der Waals surface area contributed by atoms with Gasteiger partial charge in [-0.1, -0.05) is 19.8 Å². The number of ketones is 1. The smallest absolute Gasteiger partial charge is 0.223 e. The third-order valence-electron chi connectivity index (χ3n) is 5.26. The van der Waals surface area contributed by atoms with Gasteiger partial charge in [0.15, 0.2) is 5.78 Å². The van der Waals surface area contributed by atoms with Gasteiger partial charge in [0.2, 0.25) is 5.91 Å². The molecule has 30 heavy (non-hydrogen) atoms. The fourth-order valence-corrected chi connectivity index (χ4v) is 3.91. The molecule has 8 heteroatoms. The summed E-state index contributed by atoms with van der Waals surface area (Å²) < 4.78 is 28.2. The van der Waals surface area contributed by atoms with Gasteiger partial charge in [-0.3, -0.25) is 14.5 Å². The number of nitrogens with zero attached hydrogens (tertiary/aromatic N) is 2. The molecule has 0 saturated carbocycles. The van der Waals surface area contributed by atoms with Crippen LogP contribution in [0.1, 0.15) is 49.4 Å². The number of rotatable bonds is 12. The summed E-state index contributed by atoms with van der Waals surface area (Å²) in [5.41, 5.74) is 0.592. The second kappa shape index (κ2) is 12.1. The van der Waals surface area contributed by atoms with Crippen LogP contribution in [0.3, 0.4) is 0 Å². The van der Waals surface area contributed by atoms with Crippen LogP contribution in [0.4, 0.5) is 0 Å². The van der Waals surface area contributed by atoms with Gasteiger partial charge in [-0.15, -0.1) is 0 Å². The van der Waals surface area contributed by atoms with Crippen LogP contribution < -0.4 is 4.74 Å². The second-order valence-electron chi connectivity index (χ2n) is 7.86. The van der Waals surface area contributed by atoms with Gasteiger partial charge < -0.3 is 9.64 Å². The van der Waals surface area contributed by atoms with Crippen LogP contribution in [0.2, 0.25) is 0 Å². The van der Waals surface area contributed by atoms with E-state index in [0.29, 0.717) is 44.9 Å². The number of carbonyl (C=O) groups excluding carboxylic acids is 2. The van der Waals surface area contributed by atoms with Crippen LogP contribution in [0.5, 0.6) is 5.75 Å². The van der Waals surface area contributed by atoms with Gasteiger partial charge in [-0.05, 0) is 30.7 Å². The average molecular weight is 439 g/mol. The van der Waals surface area contributed by atoms with Crippen molar-refractivity contribution in [1.29, 1.82) is 0 Å². The first-order valence-electron chi connectivity index (χ1n) is 10.7.